The van der Waals surface area contributed by atoms with Gasteiger partial charge in [0.1, 0.15) is 0 Å². The number of benzene rings is 3. The van der Waals surface area contributed by atoms with Crippen LogP contribution in [0.2, 0.25) is 0 Å². The lowest BCUT2D eigenvalue weighted by Gasteiger charge is -2.37. The molecule has 10 nitrogen and oxygen atoms in total. The first-order valence-electron chi connectivity index (χ1n) is 15.2. The van der Waals surface area contributed by atoms with E-state index in [1.54, 1.807) is 5.48 Å². The third kappa shape index (κ3) is 8.72. The van der Waals surface area contributed by atoms with Gasteiger partial charge in [0.15, 0.2) is 6.29 Å². The van der Waals surface area contributed by atoms with E-state index in [1.807, 2.05) is 72.8 Å². The average Bonchev–Trinajstić information content (AvgIpc) is 3.47. The number of rotatable bonds is 12. The second-order valence-electron chi connectivity index (χ2n) is 11.5. The van der Waals surface area contributed by atoms with E-state index < -0.39 is 12.2 Å². The first-order chi connectivity index (χ1) is 21.4. The van der Waals surface area contributed by atoms with Gasteiger partial charge in [-0.05, 0) is 46.7 Å². The molecular weight excluding hydrogens is 562 g/mol. The molecule has 0 bridgehead atoms. The molecule has 0 saturated carbocycles. The number of nitrogens with one attached hydrogen (secondary N) is 2. The maximum atomic E-state index is 12.2. The molecule has 10 heteroatoms. The normalized spacial score (nSPS) is 22.1. The Morgan fingerprint density at radius 3 is 2.34 bits per heavy atom. The van der Waals surface area contributed by atoms with Gasteiger partial charge in [0, 0.05) is 51.0 Å². The van der Waals surface area contributed by atoms with Gasteiger partial charge >= 0.3 is 0 Å². The topological polar surface area (TPSA) is 141 Å². The molecule has 2 amide bonds. The van der Waals surface area contributed by atoms with Crippen molar-refractivity contribution in [3.8, 4) is 11.1 Å². The van der Waals surface area contributed by atoms with E-state index in [4.69, 9.17) is 14.7 Å². The first-order valence-corrected chi connectivity index (χ1v) is 15.2. The zero-order valence-electron chi connectivity index (χ0n) is 24.7. The minimum Gasteiger partial charge on any atom is -0.392 e. The fraction of sp³-hybridized carbons (Fsp3) is 0.412. The minimum atomic E-state index is -0.553. The molecule has 5 N–H and O–H groups in total. The van der Waals surface area contributed by atoms with Crippen LogP contribution in [-0.2, 0) is 32.2 Å². The lowest BCUT2D eigenvalue weighted by atomic mass is 9.99. The number of amides is 2. The maximum Gasteiger partial charge on any atom is 0.243 e. The Hall–Kier alpha value is -3.64. The highest BCUT2D eigenvalue weighted by molar-refractivity contribution is 5.78. The highest BCUT2D eigenvalue weighted by Crippen LogP contribution is 2.39. The Morgan fingerprint density at radius 2 is 1.64 bits per heavy atom. The molecule has 3 aromatic carbocycles. The largest absolute Gasteiger partial charge is 0.392 e. The molecule has 0 unspecified atom stereocenters. The van der Waals surface area contributed by atoms with E-state index >= 15 is 0 Å². The van der Waals surface area contributed by atoms with E-state index in [-0.39, 0.29) is 43.7 Å². The number of likely N-dealkylation sites (tertiary alicyclic amines) is 1. The van der Waals surface area contributed by atoms with Crippen LogP contribution in [0, 0.1) is 0 Å². The lowest BCUT2D eigenvalue weighted by Crippen LogP contribution is -2.38. The fourth-order valence-electron chi connectivity index (χ4n) is 5.75. The van der Waals surface area contributed by atoms with Gasteiger partial charge in [0.2, 0.25) is 11.8 Å². The van der Waals surface area contributed by atoms with Gasteiger partial charge in [-0.1, -0.05) is 66.7 Å². The lowest BCUT2D eigenvalue weighted by molar-refractivity contribution is -0.252. The van der Waals surface area contributed by atoms with Crippen molar-refractivity contribution in [3.63, 3.8) is 0 Å². The van der Waals surface area contributed by atoms with E-state index in [0.29, 0.717) is 25.9 Å². The van der Waals surface area contributed by atoms with Crippen LogP contribution in [0.5, 0.6) is 0 Å². The standard InChI is InChI=1S/C34H41N3O7/c38-22-23-7-9-26(10-8-23)31-18-30(21-37-16-15-29(39)20-37)43-34(44-31)27-13-11-25(12-14-27)28-4-1-3-24(17-28)19-35-32(40)5-2-6-33(41)36-42/h1,3-4,7-14,17,29-31,34,38-39,42H,2,5-6,15-16,18-22H2,(H,35,40)(H,36,41)/t29-,30+,31-,34-/m0/s1. The SMILES string of the molecule is O=C(CCCC(=O)NCc1cccc(-c2ccc([C@H]3O[C@@H](CN4CC[C@H](O)C4)C[C@@H](c4ccc(CO)cc4)O3)cc2)c1)NO. The summed E-state index contributed by atoms with van der Waals surface area (Å²) >= 11 is 0. The van der Waals surface area contributed by atoms with Crippen molar-refractivity contribution in [1.82, 2.24) is 15.7 Å². The summed E-state index contributed by atoms with van der Waals surface area (Å²) in [5.74, 6) is -0.658. The van der Waals surface area contributed by atoms with Gasteiger partial charge in [-0.15, -0.1) is 0 Å². The number of ether oxygens (including phenoxy) is 2. The summed E-state index contributed by atoms with van der Waals surface area (Å²) in [6.07, 6.45) is 1.05. The minimum absolute atomic E-state index is 0.00522. The molecule has 2 saturated heterocycles. The van der Waals surface area contributed by atoms with Crippen molar-refractivity contribution in [2.45, 2.75) is 69.9 Å². The van der Waals surface area contributed by atoms with E-state index in [0.717, 1.165) is 52.9 Å². The fourth-order valence-corrected chi connectivity index (χ4v) is 5.75. The summed E-state index contributed by atoms with van der Waals surface area (Å²) in [7, 11) is 0. The van der Waals surface area contributed by atoms with Crippen molar-refractivity contribution in [1.29, 1.82) is 0 Å². The molecule has 0 aliphatic carbocycles. The summed E-state index contributed by atoms with van der Waals surface area (Å²) in [5.41, 5.74) is 7.36. The molecule has 44 heavy (non-hydrogen) atoms. The van der Waals surface area contributed by atoms with E-state index in [1.165, 1.54) is 0 Å². The third-order valence-corrected chi connectivity index (χ3v) is 8.19. The molecule has 2 aliphatic rings. The molecule has 0 radical (unpaired) electrons. The van der Waals surface area contributed by atoms with Crippen LogP contribution in [0.3, 0.4) is 0 Å². The first kappa shape index (κ1) is 31.8. The molecule has 2 fully saturated rings. The van der Waals surface area contributed by atoms with Gasteiger partial charge in [-0.2, -0.15) is 0 Å². The van der Waals surface area contributed by atoms with Gasteiger partial charge in [-0.3, -0.25) is 19.7 Å². The van der Waals surface area contributed by atoms with Crippen LogP contribution in [-0.4, -0.2) is 64.0 Å². The van der Waals surface area contributed by atoms with Gasteiger partial charge in [0.25, 0.3) is 0 Å². The Bertz CT molecular complexity index is 1380. The van der Waals surface area contributed by atoms with Crippen LogP contribution in [0.1, 0.15) is 66.8 Å². The number of carbonyl (C=O) groups is 2. The molecule has 0 spiro atoms. The Kier molecular flexibility index (Phi) is 11.1. The molecule has 2 aliphatic heterocycles. The number of aliphatic hydroxyl groups excluding tert-OH is 2. The van der Waals surface area contributed by atoms with Crippen molar-refractivity contribution in [3.05, 3.63) is 95.1 Å². The van der Waals surface area contributed by atoms with Crippen molar-refractivity contribution >= 4 is 11.8 Å². The quantitative estimate of drug-likeness (QED) is 0.156. The van der Waals surface area contributed by atoms with Crippen LogP contribution >= 0.6 is 0 Å². The number of aliphatic hydroxyl groups is 2. The van der Waals surface area contributed by atoms with Crippen LogP contribution < -0.4 is 10.8 Å². The molecule has 2 heterocycles. The number of β-amino-alcohol motifs (C(OH)–C–C–N with tert-alkyl or cyclic N) is 1. The zero-order valence-corrected chi connectivity index (χ0v) is 24.7. The molecule has 0 aromatic heterocycles. The van der Waals surface area contributed by atoms with E-state index in [9.17, 15) is 19.8 Å². The van der Waals surface area contributed by atoms with Gasteiger partial charge in [0.05, 0.1) is 24.9 Å². The molecule has 234 valence electrons. The summed E-state index contributed by atoms with van der Waals surface area (Å²) in [6.45, 7) is 2.60. The van der Waals surface area contributed by atoms with Crippen LogP contribution in [0.4, 0.5) is 0 Å². The number of hydrogen-bond acceptors (Lipinski definition) is 8. The van der Waals surface area contributed by atoms with E-state index in [2.05, 4.69) is 10.2 Å². The monoisotopic (exact) mass is 603 g/mol. The molecule has 3 aromatic rings. The third-order valence-electron chi connectivity index (χ3n) is 8.19. The van der Waals surface area contributed by atoms with Crippen molar-refractivity contribution < 1.29 is 34.5 Å². The Balaban J connectivity index is 1.24. The van der Waals surface area contributed by atoms with Crippen molar-refractivity contribution in [2.75, 3.05) is 19.6 Å². The van der Waals surface area contributed by atoms with Gasteiger partial charge < -0.3 is 25.0 Å². The summed E-state index contributed by atoms with van der Waals surface area (Å²) in [5, 5.41) is 30.9. The summed E-state index contributed by atoms with van der Waals surface area (Å²) in [4.78, 5) is 25.5. The molecule has 4 atom stereocenters. The average molecular weight is 604 g/mol. The van der Waals surface area contributed by atoms with Crippen LogP contribution in [0.15, 0.2) is 72.8 Å². The second-order valence-corrected chi connectivity index (χ2v) is 11.5. The van der Waals surface area contributed by atoms with Crippen molar-refractivity contribution in [2.24, 2.45) is 0 Å². The maximum absolute atomic E-state index is 12.2. The second kappa shape index (κ2) is 15.4. The predicted molar refractivity (Wildman–Crippen MR) is 163 cm³/mol. The van der Waals surface area contributed by atoms with Crippen LogP contribution in [0.25, 0.3) is 11.1 Å². The molecule has 5 rings (SSSR count). The predicted octanol–water partition coefficient (Wildman–Crippen LogP) is 3.75. The highest BCUT2D eigenvalue weighted by Gasteiger charge is 2.34. The Morgan fingerprint density at radius 1 is 0.886 bits per heavy atom. The highest BCUT2D eigenvalue weighted by atomic mass is 16.7. The summed E-state index contributed by atoms with van der Waals surface area (Å²) in [6, 6.07) is 23.9. The zero-order chi connectivity index (χ0) is 30.9. The number of nitrogens with zero attached hydrogens (tertiary/aromatic N) is 1. The molecular formula is C34H41N3O7. The Labute approximate surface area is 257 Å². The number of carbonyl (C=O) groups excluding carboxylic acids is 2. The number of hydrogen-bond donors (Lipinski definition) is 5. The smallest absolute Gasteiger partial charge is 0.243 e. The van der Waals surface area contributed by atoms with Gasteiger partial charge in [-0.25, -0.2) is 5.48 Å². The number of hydroxylamine groups is 1. The summed E-state index contributed by atoms with van der Waals surface area (Å²) < 4.78 is 13.0.